The van der Waals surface area contributed by atoms with Crippen LogP contribution in [0.3, 0.4) is 0 Å². The first-order chi connectivity index (χ1) is 40.1. The molecule has 5 aliphatic heterocycles. The van der Waals surface area contributed by atoms with Gasteiger partial charge in [0.1, 0.15) is 28.6 Å². The molecule has 2 aromatic carbocycles. The summed E-state index contributed by atoms with van der Waals surface area (Å²) in [4.78, 5) is 81.3. The quantitative estimate of drug-likeness (QED) is 0.0349. The number of unbranched alkanes of at least 4 members (excludes halogenated alkanes) is 1. The molecule has 0 aliphatic carbocycles. The number of rotatable bonds is 34. The van der Waals surface area contributed by atoms with Crippen LogP contribution in [0.15, 0.2) is 66.7 Å². The van der Waals surface area contributed by atoms with Gasteiger partial charge >= 0.3 is 0 Å². The number of anilines is 1. The van der Waals surface area contributed by atoms with Crippen LogP contribution in [0.5, 0.6) is 11.5 Å². The number of carbonyl (C=O) groups is 6. The number of nitrogens with zero attached hydrogens (tertiary/aromatic N) is 5. The van der Waals surface area contributed by atoms with Gasteiger partial charge in [-0.1, -0.05) is 30.7 Å². The molecule has 5 aliphatic rings. The number of fused-ring (bicyclic) bond motifs is 2. The summed E-state index contributed by atoms with van der Waals surface area (Å²) in [5.41, 5.74) is 7.68. The minimum absolute atomic E-state index is 0.0290. The molecular weight excluding hydrogens is 1070 g/mol. The number of benzene rings is 2. The van der Waals surface area contributed by atoms with E-state index in [1.807, 2.05) is 82.0 Å². The number of hydrogen-bond donors (Lipinski definition) is 6. The van der Waals surface area contributed by atoms with Crippen LogP contribution in [0.2, 0.25) is 0 Å². The number of para-hydroxylation sites is 1. The number of amides is 6. The SMILES string of the molecule is NC(=O)c1c(-c2ccc(Oc3ccccc3)cc2)nn2c1NCC[C@H]2C1CCN(C(=O)/C=C/CN2CCN(CCNC(=O)CCCC(=O)NCCCOCCOCCOCCCNC(=O)CCCC[C@H]3SC[C@H]4CC(=O)N[C@H]43)CC2)CC1. The van der Waals surface area contributed by atoms with Gasteiger partial charge in [0.25, 0.3) is 5.91 Å². The van der Waals surface area contributed by atoms with Gasteiger partial charge in [-0.05, 0) is 105 Å². The van der Waals surface area contributed by atoms with Crippen LogP contribution in [-0.2, 0) is 38.2 Å². The molecule has 6 amide bonds. The normalized spacial score (nSPS) is 20.2. The molecule has 0 bridgehead atoms. The first-order valence-corrected chi connectivity index (χ1v) is 31.0. The minimum atomic E-state index is -0.530. The molecule has 1 aromatic heterocycles. The molecule has 0 saturated carbocycles. The van der Waals surface area contributed by atoms with Crippen LogP contribution in [0.25, 0.3) is 11.3 Å². The highest BCUT2D eigenvalue weighted by atomic mass is 32.2. The van der Waals surface area contributed by atoms with E-state index in [0.717, 1.165) is 94.7 Å². The third-order valence-corrected chi connectivity index (χ3v) is 17.6. The second-order valence-electron chi connectivity index (χ2n) is 21.9. The molecule has 4 saturated heterocycles. The van der Waals surface area contributed by atoms with Crippen molar-refractivity contribution in [2.24, 2.45) is 17.6 Å². The number of carbonyl (C=O) groups excluding carboxylic acids is 6. The molecule has 6 heterocycles. The van der Waals surface area contributed by atoms with Crippen molar-refractivity contribution < 1.29 is 47.7 Å². The second kappa shape index (κ2) is 33.3. The highest BCUT2D eigenvalue weighted by Gasteiger charge is 2.43. The Morgan fingerprint density at radius 3 is 1.99 bits per heavy atom. The van der Waals surface area contributed by atoms with Gasteiger partial charge in [0.2, 0.25) is 29.5 Å². The van der Waals surface area contributed by atoms with E-state index in [9.17, 15) is 28.8 Å². The number of primary amides is 1. The molecule has 21 nitrogen and oxygen atoms in total. The van der Waals surface area contributed by atoms with Crippen molar-refractivity contribution in [2.45, 2.75) is 101 Å². The van der Waals surface area contributed by atoms with E-state index >= 15 is 0 Å². The van der Waals surface area contributed by atoms with Gasteiger partial charge < -0.3 is 56.2 Å². The van der Waals surface area contributed by atoms with Crippen molar-refractivity contribution in [3.63, 3.8) is 0 Å². The number of nitrogens with one attached hydrogen (secondary N) is 5. The predicted octanol–water partition coefficient (Wildman–Crippen LogP) is 4.74. The molecule has 0 radical (unpaired) electrons. The van der Waals surface area contributed by atoms with Crippen LogP contribution >= 0.6 is 11.8 Å². The number of nitrogens with two attached hydrogens (primary N) is 1. The van der Waals surface area contributed by atoms with Crippen LogP contribution in [0.1, 0.15) is 99.9 Å². The molecule has 3 aromatic rings. The fourth-order valence-corrected chi connectivity index (χ4v) is 13.1. The maximum absolute atomic E-state index is 13.3. The lowest BCUT2D eigenvalue weighted by molar-refractivity contribution is -0.128. The van der Waals surface area contributed by atoms with Gasteiger partial charge in [0.05, 0.1) is 32.5 Å². The zero-order chi connectivity index (χ0) is 57.3. The highest BCUT2D eigenvalue weighted by Crippen LogP contribution is 2.41. The molecule has 4 atom stereocenters. The Morgan fingerprint density at radius 2 is 1.32 bits per heavy atom. The molecule has 0 unspecified atom stereocenters. The summed E-state index contributed by atoms with van der Waals surface area (Å²) >= 11 is 1.96. The standard InChI is InChI=1S/C60H87N11O10S/c61-59(77)56-58(45-17-19-48(20-18-45)81-47-10-2-1-3-11-47)67-71-49(21-26-65-60(56)71)44-22-29-70(30-23-44)55(76)16-7-28-68-32-34-69(35-33-68)31-27-64-53(74)15-6-14-52(73)63-25-9-37-79-39-41-80-40-38-78-36-8-24-62-51(72)13-5-4-12-50-57-46(43-82-50)42-54(75)66-57/h1-3,7,10-11,16-20,44,46,49-50,57,65H,4-6,8-9,12-15,21-43H2,(H2,61,77)(H,62,72)(H,63,73)(H,64,74)(H,66,75)/b16-7+/t46-,49+,50-,57-/m1/s1. The van der Waals surface area contributed by atoms with Gasteiger partial charge in [-0.3, -0.25) is 38.6 Å². The van der Waals surface area contributed by atoms with Crippen molar-refractivity contribution >= 4 is 53.0 Å². The van der Waals surface area contributed by atoms with E-state index in [2.05, 4.69) is 36.4 Å². The number of piperazine rings is 1. The van der Waals surface area contributed by atoms with E-state index in [1.165, 1.54) is 0 Å². The molecule has 448 valence electrons. The van der Waals surface area contributed by atoms with Crippen molar-refractivity contribution in [2.75, 3.05) is 129 Å². The lowest BCUT2D eigenvalue weighted by atomic mass is 9.87. The molecule has 7 N–H and O–H groups in total. The average molecular weight is 1150 g/mol. The summed E-state index contributed by atoms with van der Waals surface area (Å²) in [7, 11) is 0. The second-order valence-corrected chi connectivity index (χ2v) is 23.2. The Kier molecular flexibility index (Phi) is 25.2. The zero-order valence-corrected chi connectivity index (χ0v) is 48.5. The molecule has 22 heteroatoms. The Hall–Kier alpha value is -6.04. The summed E-state index contributed by atoms with van der Waals surface area (Å²) < 4.78 is 24.7. The maximum Gasteiger partial charge on any atom is 0.254 e. The third kappa shape index (κ3) is 19.5. The molecule has 8 rings (SSSR count). The number of aromatic nitrogens is 2. The molecule has 0 spiro atoms. The topological polar surface area (TPSA) is 253 Å². The summed E-state index contributed by atoms with van der Waals surface area (Å²) in [5, 5.41) is 20.9. The number of thioether (sulfide) groups is 1. The number of hydrogen-bond acceptors (Lipinski definition) is 15. The maximum atomic E-state index is 13.3. The van der Waals surface area contributed by atoms with Crippen LogP contribution in [-0.4, -0.2) is 195 Å². The first kappa shape index (κ1) is 62.0. The van der Waals surface area contributed by atoms with Crippen molar-refractivity contribution in [3.8, 4) is 22.8 Å². The Balaban J connectivity index is 0.576. The minimum Gasteiger partial charge on any atom is -0.457 e. The zero-order valence-electron chi connectivity index (χ0n) is 47.7. The number of likely N-dealkylation sites (tertiary alicyclic amines) is 1. The van der Waals surface area contributed by atoms with E-state index in [1.54, 1.807) is 6.08 Å². The van der Waals surface area contributed by atoms with Crippen molar-refractivity contribution in [1.29, 1.82) is 0 Å². The fraction of sp³-hybridized carbons (Fsp3) is 0.617. The van der Waals surface area contributed by atoms with Crippen LogP contribution in [0, 0.1) is 11.8 Å². The Labute approximate surface area is 487 Å². The molecular formula is C60H87N11O10S. The number of piperidine rings is 1. The summed E-state index contributed by atoms with van der Waals surface area (Å²) in [6.07, 6.45) is 12.8. The largest absolute Gasteiger partial charge is 0.457 e. The van der Waals surface area contributed by atoms with E-state index < -0.39 is 5.91 Å². The smallest absolute Gasteiger partial charge is 0.254 e. The lowest BCUT2D eigenvalue weighted by Crippen LogP contribution is -2.48. The fourth-order valence-electron chi connectivity index (χ4n) is 11.5. The third-order valence-electron chi connectivity index (χ3n) is 16.0. The first-order valence-electron chi connectivity index (χ1n) is 29.9. The highest BCUT2D eigenvalue weighted by molar-refractivity contribution is 8.00. The Bertz CT molecular complexity index is 2540. The number of ether oxygens (including phenoxy) is 4. The van der Waals surface area contributed by atoms with Crippen LogP contribution in [0.4, 0.5) is 5.82 Å². The van der Waals surface area contributed by atoms with Gasteiger partial charge in [0.15, 0.2) is 0 Å². The lowest BCUT2D eigenvalue weighted by Gasteiger charge is -2.38. The Morgan fingerprint density at radius 1 is 0.695 bits per heavy atom. The van der Waals surface area contributed by atoms with Crippen LogP contribution < -0.4 is 37.1 Å². The summed E-state index contributed by atoms with van der Waals surface area (Å²) in [5.74, 6) is 3.55. The van der Waals surface area contributed by atoms with E-state index in [0.29, 0.717) is 170 Å². The van der Waals surface area contributed by atoms with E-state index in [-0.39, 0.29) is 35.6 Å². The van der Waals surface area contributed by atoms with Gasteiger partial charge in [-0.2, -0.15) is 16.9 Å². The van der Waals surface area contributed by atoms with Crippen molar-refractivity contribution in [3.05, 3.63) is 72.3 Å². The molecule has 4 fully saturated rings. The summed E-state index contributed by atoms with van der Waals surface area (Å²) in [6, 6.07) is 17.5. The average Bonchev–Trinajstić information content (AvgIpc) is 3.83. The predicted molar refractivity (Wildman–Crippen MR) is 315 cm³/mol. The van der Waals surface area contributed by atoms with Crippen molar-refractivity contribution in [1.82, 2.24) is 45.7 Å². The molecule has 82 heavy (non-hydrogen) atoms. The van der Waals surface area contributed by atoms with Gasteiger partial charge in [-0.15, -0.1) is 0 Å². The monoisotopic (exact) mass is 1150 g/mol. The van der Waals surface area contributed by atoms with Gasteiger partial charge in [-0.25, -0.2) is 4.68 Å². The summed E-state index contributed by atoms with van der Waals surface area (Å²) in [6.45, 7) is 11.6. The van der Waals surface area contributed by atoms with Gasteiger partial charge in [0, 0.05) is 140 Å². The van der Waals surface area contributed by atoms with E-state index in [4.69, 9.17) is 29.8 Å².